The molecule has 0 aromatic heterocycles. The average Bonchev–Trinajstić information content (AvgIpc) is 2.43. The van der Waals surface area contributed by atoms with Crippen LogP contribution in [0.1, 0.15) is 32.6 Å². The first-order valence-electron chi connectivity index (χ1n) is 6.93. The Hall–Kier alpha value is -1.29. The molecule has 1 fully saturated rings. The van der Waals surface area contributed by atoms with Crippen LogP contribution in [0.25, 0.3) is 0 Å². The molecule has 1 saturated carbocycles. The predicted octanol–water partition coefficient (Wildman–Crippen LogP) is 3.55. The Morgan fingerprint density at radius 1 is 1.45 bits per heavy atom. The van der Waals surface area contributed by atoms with Gasteiger partial charge in [-0.2, -0.15) is 0 Å². The predicted molar refractivity (Wildman–Crippen MR) is 76.5 cm³/mol. The van der Waals surface area contributed by atoms with Crippen molar-refractivity contribution in [3.63, 3.8) is 0 Å². The second-order valence-corrected chi connectivity index (χ2v) is 5.71. The molecule has 1 aromatic carbocycles. The number of carbonyl (C=O) groups is 1. The molecule has 110 valence electrons. The molecule has 1 aliphatic rings. The number of hydrogen-bond donors (Lipinski definition) is 1. The molecule has 0 spiro atoms. The summed E-state index contributed by atoms with van der Waals surface area (Å²) in [4.78, 5) is 11.8. The van der Waals surface area contributed by atoms with Crippen molar-refractivity contribution >= 4 is 17.5 Å². The molecule has 2 unspecified atom stereocenters. The first-order valence-corrected chi connectivity index (χ1v) is 7.31. The number of benzene rings is 1. The van der Waals surface area contributed by atoms with Crippen LogP contribution in [0, 0.1) is 11.7 Å². The monoisotopic (exact) mass is 299 g/mol. The zero-order valence-electron chi connectivity index (χ0n) is 11.5. The minimum absolute atomic E-state index is 0.0104. The number of carbonyl (C=O) groups excluding carboxylic acids is 1. The van der Waals surface area contributed by atoms with Gasteiger partial charge < -0.3 is 10.1 Å². The van der Waals surface area contributed by atoms with Gasteiger partial charge in [-0.1, -0.05) is 31.4 Å². The lowest BCUT2D eigenvalue weighted by molar-refractivity contribution is -0.124. The molecule has 1 N–H and O–H groups in total. The Kier molecular flexibility index (Phi) is 5.24. The Labute approximate surface area is 123 Å². The average molecular weight is 300 g/mol. The molecule has 1 amide bonds. The highest BCUT2D eigenvalue weighted by Gasteiger charge is 2.22. The molecule has 0 saturated heterocycles. The summed E-state index contributed by atoms with van der Waals surface area (Å²) in [6.07, 6.45) is 4.57. The second-order valence-electron chi connectivity index (χ2n) is 5.30. The van der Waals surface area contributed by atoms with Gasteiger partial charge in [-0.3, -0.25) is 4.79 Å². The molecule has 1 aromatic rings. The van der Waals surface area contributed by atoms with Crippen molar-refractivity contribution in [2.24, 2.45) is 5.92 Å². The quantitative estimate of drug-likeness (QED) is 0.923. The third-order valence-corrected chi connectivity index (χ3v) is 4.01. The van der Waals surface area contributed by atoms with Gasteiger partial charge in [-0.25, -0.2) is 4.39 Å². The third-order valence-electron chi connectivity index (χ3n) is 3.72. The SMILES string of the molecule is CC1CCCCC1NC(=O)COc1ccc(F)c(Cl)c1. The first-order chi connectivity index (χ1) is 9.56. The van der Waals surface area contributed by atoms with Crippen LogP contribution in [0.15, 0.2) is 18.2 Å². The van der Waals surface area contributed by atoms with E-state index in [0.29, 0.717) is 11.7 Å². The summed E-state index contributed by atoms with van der Waals surface area (Å²) >= 11 is 5.65. The number of halogens is 2. The minimum Gasteiger partial charge on any atom is -0.484 e. The van der Waals surface area contributed by atoms with Gasteiger partial charge >= 0.3 is 0 Å². The molecular weight excluding hydrogens is 281 g/mol. The molecule has 0 heterocycles. The van der Waals surface area contributed by atoms with E-state index in [1.54, 1.807) is 0 Å². The van der Waals surface area contributed by atoms with Crippen LogP contribution in [0.4, 0.5) is 4.39 Å². The molecule has 1 aliphatic carbocycles. The fourth-order valence-corrected chi connectivity index (χ4v) is 2.67. The number of amides is 1. The van der Waals surface area contributed by atoms with Crippen LogP contribution < -0.4 is 10.1 Å². The van der Waals surface area contributed by atoms with Crippen LogP contribution in [0.2, 0.25) is 5.02 Å². The van der Waals surface area contributed by atoms with E-state index in [2.05, 4.69) is 12.2 Å². The van der Waals surface area contributed by atoms with E-state index in [0.717, 1.165) is 19.3 Å². The Morgan fingerprint density at radius 3 is 2.90 bits per heavy atom. The fourth-order valence-electron chi connectivity index (χ4n) is 2.49. The standard InChI is InChI=1S/C15H19ClFNO2/c1-10-4-2-3-5-14(10)18-15(19)9-20-11-6-7-13(17)12(16)8-11/h6-8,10,14H,2-5,9H2,1H3,(H,18,19). The Balaban J connectivity index is 1.81. The van der Waals surface area contributed by atoms with Crippen LogP contribution >= 0.6 is 11.6 Å². The first kappa shape index (κ1) is 15.1. The van der Waals surface area contributed by atoms with Crippen molar-refractivity contribution in [1.29, 1.82) is 0 Å². The molecule has 0 bridgehead atoms. The van der Waals surface area contributed by atoms with E-state index in [4.69, 9.17) is 16.3 Å². The maximum Gasteiger partial charge on any atom is 0.258 e. The summed E-state index contributed by atoms with van der Waals surface area (Å²) in [6, 6.07) is 4.28. The van der Waals surface area contributed by atoms with E-state index < -0.39 is 5.82 Å². The lowest BCUT2D eigenvalue weighted by Gasteiger charge is -2.29. The second kappa shape index (κ2) is 6.93. The van der Waals surface area contributed by atoms with Gasteiger partial charge in [0.15, 0.2) is 6.61 Å². The van der Waals surface area contributed by atoms with Crippen molar-refractivity contribution in [2.75, 3.05) is 6.61 Å². The summed E-state index contributed by atoms with van der Waals surface area (Å²) in [6.45, 7) is 2.08. The van der Waals surface area contributed by atoms with Gasteiger partial charge in [0.25, 0.3) is 5.91 Å². The fraction of sp³-hybridized carbons (Fsp3) is 0.533. The van der Waals surface area contributed by atoms with Crippen molar-refractivity contribution in [2.45, 2.75) is 38.6 Å². The van der Waals surface area contributed by atoms with Gasteiger partial charge in [0.2, 0.25) is 0 Å². The molecule has 5 heteroatoms. The van der Waals surface area contributed by atoms with Crippen LogP contribution in [0.5, 0.6) is 5.75 Å². The van der Waals surface area contributed by atoms with E-state index in [1.807, 2.05) is 0 Å². The third kappa shape index (κ3) is 4.10. The van der Waals surface area contributed by atoms with E-state index in [1.165, 1.54) is 24.6 Å². The zero-order valence-corrected chi connectivity index (χ0v) is 12.3. The number of nitrogens with one attached hydrogen (secondary N) is 1. The van der Waals surface area contributed by atoms with E-state index >= 15 is 0 Å². The molecule has 0 radical (unpaired) electrons. The van der Waals surface area contributed by atoms with Crippen molar-refractivity contribution < 1.29 is 13.9 Å². The van der Waals surface area contributed by atoms with Crippen molar-refractivity contribution in [3.05, 3.63) is 29.0 Å². The van der Waals surface area contributed by atoms with Crippen molar-refractivity contribution in [3.8, 4) is 5.75 Å². The highest BCUT2D eigenvalue weighted by molar-refractivity contribution is 6.30. The minimum atomic E-state index is -0.500. The number of hydrogen-bond acceptors (Lipinski definition) is 2. The van der Waals surface area contributed by atoms with Crippen LogP contribution in [-0.4, -0.2) is 18.6 Å². The molecule has 2 atom stereocenters. The Morgan fingerprint density at radius 2 is 2.20 bits per heavy atom. The van der Waals surface area contributed by atoms with Crippen molar-refractivity contribution in [1.82, 2.24) is 5.32 Å². The normalized spacial score (nSPS) is 22.4. The molecular formula is C15H19ClFNO2. The van der Waals surface area contributed by atoms with Crippen LogP contribution in [-0.2, 0) is 4.79 Å². The lowest BCUT2D eigenvalue weighted by Crippen LogP contribution is -2.43. The number of ether oxygens (including phenoxy) is 1. The van der Waals surface area contributed by atoms with Gasteiger partial charge in [-0.05, 0) is 30.9 Å². The molecule has 2 rings (SSSR count). The summed E-state index contributed by atoms with van der Waals surface area (Å²) in [5, 5.41) is 2.98. The number of rotatable bonds is 4. The molecule has 20 heavy (non-hydrogen) atoms. The Bertz CT molecular complexity index is 481. The summed E-state index contributed by atoms with van der Waals surface area (Å²) in [7, 11) is 0. The topological polar surface area (TPSA) is 38.3 Å². The van der Waals surface area contributed by atoms with Gasteiger partial charge in [0.1, 0.15) is 11.6 Å². The summed E-state index contributed by atoms with van der Waals surface area (Å²) in [5.74, 6) is 0.250. The van der Waals surface area contributed by atoms with Gasteiger partial charge in [0.05, 0.1) is 5.02 Å². The largest absolute Gasteiger partial charge is 0.484 e. The van der Waals surface area contributed by atoms with Crippen LogP contribution in [0.3, 0.4) is 0 Å². The smallest absolute Gasteiger partial charge is 0.258 e. The lowest BCUT2D eigenvalue weighted by atomic mass is 9.86. The van der Waals surface area contributed by atoms with E-state index in [9.17, 15) is 9.18 Å². The van der Waals surface area contributed by atoms with Gasteiger partial charge in [0, 0.05) is 12.1 Å². The van der Waals surface area contributed by atoms with E-state index in [-0.39, 0.29) is 23.6 Å². The molecule has 0 aliphatic heterocycles. The zero-order chi connectivity index (χ0) is 14.5. The maximum absolute atomic E-state index is 13.0. The van der Waals surface area contributed by atoms with Gasteiger partial charge in [-0.15, -0.1) is 0 Å². The molecule has 3 nitrogen and oxygen atoms in total. The highest BCUT2D eigenvalue weighted by atomic mass is 35.5. The summed E-state index contributed by atoms with van der Waals surface area (Å²) in [5.41, 5.74) is 0. The maximum atomic E-state index is 13.0. The highest BCUT2D eigenvalue weighted by Crippen LogP contribution is 2.24. The summed E-state index contributed by atoms with van der Waals surface area (Å²) < 4.78 is 18.3.